The minimum absolute atomic E-state index is 0.0185. The fourth-order valence-electron chi connectivity index (χ4n) is 3.51. The first-order valence-electron chi connectivity index (χ1n) is 10.4. The summed E-state index contributed by atoms with van der Waals surface area (Å²) in [6.07, 6.45) is 1.72. The molecule has 0 unspecified atom stereocenters. The minimum atomic E-state index is -4.61. The van der Waals surface area contributed by atoms with Crippen molar-refractivity contribution in [2.75, 3.05) is 12.8 Å². The third kappa shape index (κ3) is 5.00. The molecule has 35 heavy (non-hydrogen) atoms. The summed E-state index contributed by atoms with van der Waals surface area (Å²) in [5.74, 6) is -0.640. The Bertz CT molecular complexity index is 1540. The number of anilines is 1. The van der Waals surface area contributed by atoms with Gasteiger partial charge in [-0.25, -0.2) is 13.2 Å². The molecule has 0 saturated heterocycles. The summed E-state index contributed by atoms with van der Waals surface area (Å²) in [6, 6.07) is 16.2. The zero-order valence-electron chi connectivity index (χ0n) is 18.9. The van der Waals surface area contributed by atoms with E-state index in [2.05, 4.69) is 5.10 Å². The molecular formula is C24H22N4O6S. The number of carbonyl (C=O) groups is 2. The number of carbonyl (C=O) groups excluding carboxylic acids is 2. The molecule has 0 atom stereocenters. The zero-order chi connectivity index (χ0) is 25.2. The molecule has 4 rings (SSSR count). The lowest BCUT2D eigenvalue weighted by molar-refractivity contribution is 0.0407. The molecule has 4 aromatic rings. The molecule has 0 saturated carbocycles. The van der Waals surface area contributed by atoms with Gasteiger partial charge in [0.1, 0.15) is 5.75 Å². The molecule has 0 bridgehead atoms. The normalized spacial score (nSPS) is 11.4. The number of rotatable bonds is 7. The largest absolute Gasteiger partial charge is 0.496 e. The van der Waals surface area contributed by atoms with Crippen LogP contribution in [0.5, 0.6) is 5.75 Å². The van der Waals surface area contributed by atoms with Crippen LogP contribution in [0.1, 0.15) is 31.8 Å². The molecule has 180 valence electrons. The summed E-state index contributed by atoms with van der Waals surface area (Å²) in [5.41, 5.74) is 8.52. The molecule has 0 aliphatic carbocycles. The lowest BCUT2D eigenvalue weighted by Crippen LogP contribution is -2.33. The second-order valence-corrected chi connectivity index (χ2v) is 9.27. The van der Waals surface area contributed by atoms with Gasteiger partial charge in [-0.1, -0.05) is 24.3 Å². The lowest BCUT2D eigenvalue weighted by atomic mass is 10.1. The van der Waals surface area contributed by atoms with Crippen LogP contribution < -0.4 is 15.4 Å². The topological polar surface area (TPSA) is 143 Å². The minimum Gasteiger partial charge on any atom is -0.496 e. The molecule has 1 aromatic heterocycles. The monoisotopic (exact) mass is 494 g/mol. The maximum Gasteiger partial charge on any atom is 0.357 e. The smallest absolute Gasteiger partial charge is 0.357 e. The second kappa shape index (κ2) is 9.57. The van der Waals surface area contributed by atoms with Gasteiger partial charge in [-0.2, -0.15) is 5.10 Å². The third-order valence-corrected chi connectivity index (χ3v) is 6.38. The van der Waals surface area contributed by atoms with Crippen LogP contribution in [-0.2, 0) is 21.4 Å². The number of methoxy groups -OCH3 is 1. The Balaban J connectivity index is 1.49. The van der Waals surface area contributed by atoms with Crippen LogP contribution in [-0.4, -0.2) is 36.4 Å². The Labute approximate surface area is 201 Å². The Morgan fingerprint density at radius 2 is 1.86 bits per heavy atom. The second-order valence-electron chi connectivity index (χ2n) is 7.73. The molecule has 0 aliphatic heterocycles. The van der Waals surface area contributed by atoms with Gasteiger partial charge in [-0.15, -0.1) is 0 Å². The highest BCUT2D eigenvalue weighted by Crippen LogP contribution is 2.24. The van der Waals surface area contributed by atoms with E-state index in [9.17, 15) is 18.0 Å². The summed E-state index contributed by atoms with van der Waals surface area (Å²) in [5, 5.41) is 4.09. The number of nitrogens with one attached hydrogen (secondary N) is 1. The Hall–Kier alpha value is -4.22. The summed E-state index contributed by atoms with van der Waals surface area (Å²) in [4.78, 5) is 31.2. The molecule has 3 aromatic carbocycles. The number of ether oxygens (including phenoxy) is 1. The van der Waals surface area contributed by atoms with E-state index >= 15 is 0 Å². The van der Waals surface area contributed by atoms with Gasteiger partial charge in [0, 0.05) is 22.2 Å². The Kier molecular flexibility index (Phi) is 6.54. The predicted molar refractivity (Wildman–Crippen MR) is 129 cm³/mol. The Morgan fingerprint density at radius 3 is 2.60 bits per heavy atom. The van der Waals surface area contributed by atoms with Gasteiger partial charge in [-0.3, -0.25) is 9.48 Å². The molecule has 0 fully saturated rings. The molecule has 3 N–H and O–H groups in total. The van der Waals surface area contributed by atoms with Crippen LogP contribution >= 0.6 is 0 Å². The van der Waals surface area contributed by atoms with Crippen LogP contribution in [0, 0.1) is 6.92 Å². The Morgan fingerprint density at radius 1 is 1.09 bits per heavy atom. The standard InChI is InChI=1S/C24H22N4O6S/c1-15-5-3-4-6-20(15)24(30)35(31,32)27-34-23(29)16-7-8-18(22(11-16)33-2)14-28-21-12-19(25)10-9-17(21)13-26-28/h3-13,27H,14,25H2,1-2H3. The molecule has 0 amide bonds. The molecule has 0 aliphatic rings. The highest BCUT2D eigenvalue weighted by atomic mass is 32.2. The average molecular weight is 495 g/mol. The summed E-state index contributed by atoms with van der Waals surface area (Å²) in [6.45, 7) is 1.94. The number of nitrogens with zero attached hydrogens (tertiary/aromatic N) is 2. The number of fused-ring (bicyclic) bond motifs is 1. The SMILES string of the molecule is COc1cc(C(=O)ONS(=O)(=O)C(=O)c2ccccc2C)ccc1Cn1ncc2ccc(N)cc21. The average Bonchev–Trinajstić information content (AvgIpc) is 3.24. The number of hydrogen-bond acceptors (Lipinski definition) is 8. The van der Waals surface area contributed by atoms with E-state index in [1.165, 1.54) is 31.4 Å². The fourth-order valence-corrected chi connectivity index (χ4v) is 4.29. The molecule has 10 nitrogen and oxygen atoms in total. The van der Waals surface area contributed by atoms with Gasteiger partial charge in [0.05, 0.1) is 30.9 Å². The van der Waals surface area contributed by atoms with Crippen LogP contribution in [0.25, 0.3) is 10.9 Å². The lowest BCUT2D eigenvalue weighted by Gasteiger charge is -2.12. The van der Waals surface area contributed by atoms with Gasteiger partial charge in [0.25, 0.3) is 5.12 Å². The number of benzene rings is 3. The first kappa shape index (κ1) is 23.9. The van der Waals surface area contributed by atoms with Crippen molar-refractivity contribution in [2.45, 2.75) is 13.5 Å². The number of hydrogen-bond donors (Lipinski definition) is 2. The van der Waals surface area contributed by atoms with Gasteiger partial charge in [0.15, 0.2) is 0 Å². The number of aromatic nitrogens is 2. The van der Waals surface area contributed by atoms with E-state index in [0.29, 0.717) is 29.1 Å². The van der Waals surface area contributed by atoms with Gasteiger partial charge in [0.2, 0.25) is 0 Å². The van der Waals surface area contributed by atoms with Crippen LogP contribution in [0.2, 0.25) is 0 Å². The number of nitrogen functional groups attached to an aromatic ring is 1. The predicted octanol–water partition coefficient (Wildman–Crippen LogP) is 2.82. The molecule has 11 heteroatoms. The quantitative estimate of drug-likeness (QED) is 0.295. The summed E-state index contributed by atoms with van der Waals surface area (Å²) >= 11 is 0. The van der Waals surface area contributed by atoms with Gasteiger partial charge < -0.3 is 15.3 Å². The highest BCUT2D eigenvalue weighted by molar-refractivity contribution is 8.04. The summed E-state index contributed by atoms with van der Waals surface area (Å²) in [7, 11) is -3.17. The van der Waals surface area contributed by atoms with Crippen molar-refractivity contribution >= 4 is 37.7 Å². The molecule has 0 spiro atoms. The van der Waals surface area contributed by atoms with Crippen molar-refractivity contribution in [2.24, 2.45) is 0 Å². The van der Waals surface area contributed by atoms with E-state index < -0.39 is 21.1 Å². The maximum absolute atomic E-state index is 12.5. The van der Waals surface area contributed by atoms with Crippen molar-refractivity contribution in [1.82, 2.24) is 14.7 Å². The fraction of sp³-hybridized carbons (Fsp3) is 0.125. The van der Waals surface area contributed by atoms with Crippen LogP contribution in [0.3, 0.4) is 0 Å². The first-order chi connectivity index (χ1) is 16.7. The van der Waals surface area contributed by atoms with E-state index in [-0.39, 0.29) is 11.1 Å². The number of sulfonamides is 1. The van der Waals surface area contributed by atoms with Crippen LogP contribution in [0.4, 0.5) is 5.69 Å². The van der Waals surface area contributed by atoms with E-state index in [0.717, 1.165) is 10.9 Å². The number of nitrogens with two attached hydrogens (primary N) is 1. The van der Waals surface area contributed by atoms with E-state index in [4.69, 9.17) is 15.3 Å². The molecular weight excluding hydrogens is 472 g/mol. The first-order valence-corrected chi connectivity index (χ1v) is 11.9. The zero-order valence-corrected chi connectivity index (χ0v) is 19.7. The van der Waals surface area contributed by atoms with Crippen molar-refractivity contribution in [3.63, 3.8) is 0 Å². The van der Waals surface area contributed by atoms with E-state index in [1.807, 2.05) is 12.1 Å². The van der Waals surface area contributed by atoms with E-state index in [1.54, 1.807) is 47.0 Å². The molecule has 0 radical (unpaired) electrons. The third-order valence-electron chi connectivity index (χ3n) is 5.36. The van der Waals surface area contributed by atoms with Crippen molar-refractivity contribution in [3.8, 4) is 5.75 Å². The van der Waals surface area contributed by atoms with Crippen molar-refractivity contribution < 1.29 is 27.6 Å². The van der Waals surface area contributed by atoms with Gasteiger partial charge in [-0.05, 0) is 53.8 Å². The maximum atomic E-state index is 12.5. The summed E-state index contributed by atoms with van der Waals surface area (Å²) < 4.78 is 31.8. The van der Waals surface area contributed by atoms with Gasteiger partial charge >= 0.3 is 16.0 Å². The van der Waals surface area contributed by atoms with Crippen molar-refractivity contribution in [3.05, 3.63) is 89.1 Å². The van der Waals surface area contributed by atoms with Crippen LogP contribution in [0.15, 0.2) is 66.9 Å². The molecule has 1 heterocycles. The highest BCUT2D eigenvalue weighted by Gasteiger charge is 2.27. The number of aryl methyl sites for hydroxylation is 1. The van der Waals surface area contributed by atoms with Crippen molar-refractivity contribution in [1.29, 1.82) is 0 Å².